The first-order valence-corrected chi connectivity index (χ1v) is 11.0. The van der Waals surface area contributed by atoms with Crippen LogP contribution in [0.4, 0.5) is 0 Å². The molecule has 0 saturated carbocycles. The Morgan fingerprint density at radius 2 is 1.48 bits per heavy atom. The van der Waals surface area contributed by atoms with Crippen molar-refractivity contribution in [3.05, 3.63) is 108 Å². The lowest BCUT2D eigenvalue weighted by atomic mass is 9.83. The van der Waals surface area contributed by atoms with Gasteiger partial charge in [-0.25, -0.2) is 0 Å². The van der Waals surface area contributed by atoms with Gasteiger partial charge in [0.05, 0.1) is 0 Å². The molecule has 2 N–H and O–H groups in total. The molecule has 1 fully saturated rings. The second kappa shape index (κ2) is 9.46. The molecule has 4 heteroatoms. The third-order valence-corrected chi connectivity index (χ3v) is 6.44. The highest BCUT2D eigenvalue weighted by atomic mass is 16.3. The molecule has 3 aromatic rings. The lowest BCUT2D eigenvalue weighted by Gasteiger charge is -2.38. The Balaban J connectivity index is 1.72. The molecule has 4 nitrogen and oxygen atoms in total. The van der Waals surface area contributed by atoms with Gasteiger partial charge in [-0.05, 0) is 48.5 Å². The van der Waals surface area contributed by atoms with Crippen LogP contribution in [0.25, 0.3) is 0 Å². The molecule has 0 aromatic heterocycles. The van der Waals surface area contributed by atoms with Crippen molar-refractivity contribution in [2.45, 2.75) is 24.5 Å². The average Bonchev–Trinajstić information content (AvgIpc) is 3.37. The van der Waals surface area contributed by atoms with Gasteiger partial charge in [0.1, 0.15) is 0 Å². The van der Waals surface area contributed by atoms with Crippen LogP contribution in [-0.2, 0) is 16.8 Å². The highest BCUT2D eigenvalue weighted by Crippen LogP contribution is 2.33. The zero-order valence-corrected chi connectivity index (χ0v) is 17.9. The minimum atomic E-state index is -1.74. The van der Waals surface area contributed by atoms with Crippen LogP contribution in [-0.4, -0.2) is 42.1 Å². The molecule has 1 aliphatic heterocycles. The van der Waals surface area contributed by atoms with E-state index in [1.54, 1.807) is 4.90 Å². The second-order valence-electron chi connectivity index (χ2n) is 8.37. The Labute approximate surface area is 184 Å². The molecule has 1 saturated heterocycles. The maximum Gasteiger partial charge on any atom is 0.263 e. The van der Waals surface area contributed by atoms with Crippen molar-refractivity contribution in [2.75, 3.05) is 20.1 Å². The molecule has 160 valence electrons. The summed E-state index contributed by atoms with van der Waals surface area (Å²) in [6.07, 6.45) is 1.78. The van der Waals surface area contributed by atoms with Crippen molar-refractivity contribution in [3.8, 4) is 0 Å². The number of nitrogens with one attached hydrogen (secondary N) is 1. The van der Waals surface area contributed by atoms with E-state index in [9.17, 15) is 9.90 Å². The molecular formula is C27H30N2O2. The van der Waals surface area contributed by atoms with Gasteiger partial charge in [-0.15, -0.1) is 0 Å². The molecule has 3 aromatic carbocycles. The van der Waals surface area contributed by atoms with E-state index in [1.807, 2.05) is 85.9 Å². The highest BCUT2D eigenvalue weighted by Gasteiger charge is 2.44. The molecule has 2 unspecified atom stereocenters. The molecule has 2 atom stereocenters. The summed E-state index contributed by atoms with van der Waals surface area (Å²) >= 11 is 0. The first-order chi connectivity index (χ1) is 15.1. The summed E-state index contributed by atoms with van der Waals surface area (Å²) in [6.45, 7) is 1.84. The third kappa shape index (κ3) is 4.41. The van der Waals surface area contributed by atoms with Crippen LogP contribution in [0.2, 0.25) is 0 Å². The van der Waals surface area contributed by atoms with Crippen molar-refractivity contribution < 1.29 is 9.90 Å². The van der Waals surface area contributed by atoms with Crippen molar-refractivity contribution in [2.24, 2.45) is 5.92 Å². The fourth-order valence-corrected chi connectivity index (χ4v) is 4.66. The molecule has 1 amide bonds. The Hall–Kier alpha value is -2.95. The number of benzene rings is 3. The minimum Gasteiger partial charge on any atom is -0.372 e. The third-order valence-electron chi connectivity index (χ3n) is 6.44. The normalized spacial score (nSPS) is 17.3. The topological polar surface area (TPSA) is 52.6 Å². The molecule has 1 heterocycles. The lowest BCUT2D eigenvalue weighted by Crippen LogP contribution is -2.52. The van der Waals surface area contributed by atoms with Crippen LogP contribution in [0.3, 0.4) is 0 Å². The van der Waals surface area contributed by atoms with Crippen LogP contribution >= 0.6 is 0 Å². The number of aliphatic hydroxyl groups is 1. The summed E-state index contributed by atoms with van der Waals surface area (Å²) in [5.41, 5.74) is 0.627. The number of hydrogen-bond acceptors (Lipinski definition) is 3. The standard InChI is InChI=1S/C27H30N2O2/c1-29(25(22-17-18-28-20-22)19-21-11-5-2-6-12-21)26(30)27(31,23-13-7-3-8-14-23)24-15-9-4-10-16-24/h2-16,22,25,28,31H,17-20H2,1H3. The molecule has 4 rings (SSSR count). The Morgan fingerprint density at radius 3 is 1.97 bits per heavy atom. The van der Waals surface area contributed by atoms with E-state index in [1.165, 1.54) is 5.56 Å². The number of nitrogens with zero attached hydrogens (tertiary/aromatic N) is 1. The summed E-state index contributed by atoms with van der Waals surface area (Å²) in [5, 5.41) is 15.4. The fourth-order valence-electron chi connectivity index (χ4n) is 4.66. The maximum atomic E-state index is 14.0. The van der Waals surface area contributed by atoms with E-state index < -0.39 is 5.60 Å². The smallest absolute Gasteiger partial charge is 0.263 e. The van der Waals surface area contributed by atoms with Gasteiger partial charge in [0.15, 0.2) is 5.60 Å². The first kappa shape index (κ1) is 21.3. The predicted octanol–water partition coefficient (Wildman–Crippen LogP) is 3.60. The summed E-state index contributed by atoms with van der Waals surface area (Å²) in [7, 11) is 1.84. The maximum absolute atomic E-state index is 14.0. The van der Waals surface area contributed by atoms with Gasteiger partial charge in [0.25, 0.3) is 5.91 Å². The summed E-state index contributed by atoms with van der Waals surface area (Å²) in [4.78, 5) is 15.8. The summed E-state index contributed by atoms with van der Waals surface area (Å²) < 4.78 is 0. The van der Waals surface area contributed by atoms with E-state index in [-0.39, 0.29) is 11.9 Å². The average molecular weight is 415 g/mol. The van der Waals surface area contributed by atoms with Gasteiger partial charge in [-0.2, -0.15) is 0 Å². The van der Waals surface area contributed by atoms with Gasteiger partial charge < -0.3 is 15.3 Å². The largest absolute Gasteiger partial charge is 0.372 e. The Kier molecular flexibility index (Phi) is 6.50. The molecule has 0 radical (unpaired) electrons. The van der Waals surface area contributed by atoms with Crippen molar-refractivity contribution >= 4 is 5.91 Å². The predicted molar refractivity (Wildman–Crippen MR) is 124 cm³/mol. The summed E-state index contributed by atoms with van der Waals surface area (Å²) in [5.74, 6) is 0.0442. The minimum absolute atomic E-state index is 0.0103. The highest BCUT2D eigenvalue weighted by molar-refractivity contribution is 5.90. The fraction of sp³-hybridized carbons (Fsp3) is 0.296. The first-order valence-electron chi connectivity index (χ1n) is 11.0. The quantitative estimate of drug-likeness (QED) is 0.621. The number of likely N-dealkylation sites (N-methyl/N-ethyl adjacent to an activating group) is 1. The van der Waals surface area contributed by atoms with E-state index in [2.05, 4.69) is 17.4 Å². The number of hydrogen-bond donors (Lipinski definition) is 2. The number of rotatable bonds is 7. The summed E-state index contributed by atoms with van der Waals surface area (Å²) in [6, 6.07) is 28.8. The van der Waals surface area contributed by atoms with E-state index in [0.29, 0.717) is 17.0 Å². The monoisotopic (exact) mass is 414 g/mol. The molecule has 0 spiro atoms. The van der Waals surface area contributed by atoms with Crippen LogP contribution < -0.4 is 5.32 Å². The Bertz CT molecular complexity index is 930. The molecule has 0 bridgehead atoms. The zero-order valence-electron chi connectivity index (χ0n) is 17.9. The van der Waals surface area contributed by atoms with Crippen LogP contribution in [0.5, 0.6) is 0 Å². The molecular weight excluding hydrogens is 384 g/mol. The molecule has 31 heavy (non-hydrogen) atoms. The second-order valence-corrected chi connectivity index (χ2v) is 8.37. The van der Waals surface area contributed by atoms with Gasteiger partial charge in [0.2, 0.25) is 0 Å². The zero-order chi connectivity index (χ0) is 21.7. The number of amides is 1. The van der Waals surface area contributed by atoms with Gasteiger partial charge in [-0.1, -0.05) is 91.0 Å². The van der Waals surface area contributed by atoms with Crippen molar-refractivity contribution in [1.29, 1.82) is 0 Å². The lowest BCUT2D eigenvalue weighted by molar-refractivity contribution is -0.150. The van der Waals surface area contributed by atoms with Crippen molar-refractivity contribution in [3.63, 3.8) is 0 Å². The van der Waals surface area contributed by atoms with E-state index in [0.717, 1.165) is 25.9 Å². The van der Waals surface area contributed by atoms with Gasteiger partial charge in [0, 0.05) is 13.1 Å². The van der Waals surface area contributed by atoms with Crippen LogP contribution in [0, 0.1) is 5.92 Å². The Morgan fingerprint density at radius 1 is 0.968 bits per heavy atom. The number of carbonyl (C=O) groups excluding carboxylic acids is 1. The van der Waals surface area contributed by atoms with Gasteiger partial charge >= 0.3 is 0 Å². The SMILES string of the molecule is CN(C(=O)C(O)(c1ccccc1)c1ccccc1)C(Cc1ccccc1)C1CCNC1. The molecule has 1 aliphatic rings. The van der Waals surface area contributed by atoms with Gasteiger partial charge in [-0.3, -0.25) is 4.79 Å². The van der Waals surface area contributed by atoms with Crippen LogP contribution in [0.1, 0.15) is 23.1 Å². The number of carbonyl (C=O) groups is 1. The van der Waals surface area contributed by atoms with Crippen LogP contribution in [0.15, 0.2) is 91.0 Å². The van der Waals surface area contributed by atoms with E-state index in [4.69, 9.17) is 0 Å². The molecule has 0 aliphatic carbocycles. The van der Waals surface area contributed by atoms with E-state index >= 15 is 0 Å². The van der Waals surface area contributed by atoms with Crippen molar-refractivity contribution in [1.82, 2.24) is 10.2 Å².